The Bertz CT molecular complexity index is 2540. The number of aromatic hydroxyl groups is 1. The van der Waals surface area contributed by atoms with Gasteiger partial charge in [0, 0.05) is 77.7 Å². The van der Waals surface area contributed by atoms with Gasteiger partial charge in [-0.15, -0.1) is 0 Å². The Morgan fingerprint density at radius 3 is 1.68 bits per heavy atom. The van der Waals surface area contributed by atoms with Crippen molar-refractivity contribution in [1.82, 2.24) is 51.9 Å². The number of rotatable bonds is 29. The van der Waals surface area contributed by atoms with Crippen LogP contribution in [0.1, 0.15) is 84.1 Å². The monoisotopic (exact) mass is 1090 g/mol. The molecule has 0 spiro atoms. The highest BCUT2D eigenvalue weighted by atomic mass is 16.5. The van der Waals surface area contributed by atoms with Crippen molar-refractivity contribution < 1.29 is 83.6 Å². The minimum atomic E-state index is -1.89. The first-order valence-corrected chi connectivity index (χ1v) is 24.6. The van der Waals surface area contributed by atoms with Gasteiger partial charge in [-0.05, 0) is 63.5 Å². The first-order valence-electron chi connectivity index (χ1n) is 24.6. The van der Waals surface area contributed by atoms with Crippen molar-refractivity contribution >= 4 is 76.5 Å². The molecule has 4 rings (SSSR count). The molecule has 1 aliphatic carbocycles. The van der Waals surface area contributed by atoms with Gasteiger partial charge in [-0.2, -0.15) is 0 Å². The number of anilines is 2. The molecule has 0 aromatic heterocycles. The second kappa shape index (κ2) is 29.3. The molecule has 3 heterocycles. The van der Waals surface area contributed by atoms with Crippen molar-refractivity contribution in [2.45, 2.75) is 120 Å². The number of benzene rings is 1. The van der Waals surface area contributed by atoms with Gasteiger partial charge in [0.15, 0.2) is 5.75 Å². The highest BCUT2D eigenvalue weighted by molar-refractivity contribution is 5.99. The van der Waals surface area contributed by atoms with Crippen molar-refractivity contribution in [3.05, 3.63) is 28.4 Å². The molecule has 1 saturated heterocycles. The number of hydroxylamine groups is 4. The molecule has 6 unspecified atom stereocenters. The third-order valence-electron chi connectivity index (χ3n) is 12.4. The zero-order chi connectivity index (χ0) is 57.1. The zero-order valence-electron chi connectivity index (χ0n) is 42.3. The zero-order valence-corrected chi connectivity index (χ0v) is 42.3. The van der Waals surface area contributed by atoms with Crippen LogP contribution in [0.25, 0.3) is 11.3 Å². The van der Waals surface area contributed by atoms with Crippen LogP contribution >= 0.6 is 0 Å². The molecule has 0 aromatic rings. The number of aliphatic hydroxyl groups excluding tert-OH is 3. The number of fused-ring (bicyclic) bond motifs is 3. The van der Waals surface area contributed by atoms with E-state index in [1.807, 2.05) is 0 Å². The number of primary amides is 1. The van der Waals surface area contributed by atoms with Gasteiger partial charge in [0.1, 0.15) is 48.1 Å². The lowest BCUT2D eigenvalue weighted by Gasteiger charge is -2.34. The van der Waals surface area contributed by atoms with Crippen molar-refractivity contribution in [2.75, 3.05) is 56.6 Å². The van der Waals surface area contributed by atoms with Crippen LogP contribution in [-0.4, -0.2) is 193 Å². The summed E-state index contributed by atoms with van der Waals surface area (Å²) in [5.74, 6) is -10.1. The first-order chi connectivity index (χ1) is 36.5. The van der Waals surface area contributed by atoms with E-state index in [4.69, 9.17) is 5.73 Å². The minimum Gasteiger partial charge on any atom is -0.504 e. The maximum Gasteiger partial charge on any atom is 0.245 e. The maximum atomic E-state index is 14.3. The minimum absolute atomic E-state index is 0.00352. The lowest BCUT2D eigenvalue weighted by Crippen LogP contribution is -2.60. The van der Waals surface area contributed by atoms with Crippen LogP contribution in [0.2, 0.25) is 0 Å². The standard InChI is InChI=1S/C46H67N13O18/c1-23(63)57(76)15-3-5-26(41(70)54-29(11-17-60)43(72)53-28-9-13-49-40(28)69)52-45(74)32(22-62)56-42(71)27(6-4-16-58(77)24(2)64)51-44(73)30(12-18-61)55-46(75)33-10-14-48-39-31(50-38(68)8-7-37(47)67)19-25-20-35(65)36(66)21-34(25)59(33)39/h19-21,26-30,32-33,48,60-62,65,76-77H,3-18,22H2,1-2H3,(H2,47,67)(H,49,69)(H,50,68)(H,51,73)(H,52,74)(H,53,72)(H,54,70)(H,55,75)(H,56,71)/t26?,27?,28?,29?,30?,32?,33-/m0/s1. The van der Waals surface area contributed by atoms with Gasteiger partial charge >= 0.3 is 0 Å². The molecule has 424 valence electrons. The van der Waals surface area contributed by atoms with Crippen LogP contribution in [0, 0.1) is 0 Å². The number of phenols is 1. The molecule has 31 heteroatoms. The van der Waals surface area contributed by atoms with Gasteiger partial charge in [-0.1, -0.05) is 0 Å². The maximum absolute atomic E-state index is 14.3. The SMILES string of the molecule is CC(=O)N(O)CCCC(NC(=O)C(CO)NC(=O)C(CCCN(O)C(C)=O)NC(=O)C(CCO)NC(=O)[C@@H]1CCNc2c(NC(=O)CCC(N)=O)cc3cc(O)c(=O)cc-3n21)C(=O)NC(CCO)C(=O)NC1CCNC1=O. The predicted molar refractivity (Wildman–Crippen MR) is 265 cm³/mol. The molecular formula is C46H67N13O18. The van der Waals surface area contributed by atoms with E-state index in [0.717, 1.165) is 26.0 Å². The molecule has 3 aliphatic heterocycles. The number of amides is 11. The van der Waals surface area contributed by atoms with Crippen LogP contribution in [0.5, 0.6) is 5.75 Å². The molecule has 17 N–H and O–H groups in total. The van der Waals surface area contributed by atoms with E-state index in [-0.39, 0.29) is 107 Å². The summed E-state index contributed by atoms with van der Waals surface area (Å²) in [4.78, 5) is 156. The normalized spacial score (nSPS) is 16.6. The van der Waals surface area contributed by atoms with Crippen molar-refractivity contribution in [3.63, 3.8) is 0 Å². The number of hydrogen-bond acceptors (Lipinski definition) is 19. The van der Waals surface area contributed by atoms with E-state index in [1.54, 1.807) is 0 Å². The number of nitrogens with one attached hydrogen (secondary N) is 9. The Morgan fingerprint density at radius 2 is 1.18 bits per heavy atom. The Hall–Kier alpha value is -8.00. The summed E-state index contributed by atoms with van der Waals surface area (Å²) in [6.07, 6.45) is -2.18. The van der Waals surface area contributed by atoms with Gasteiger partial charge in [-0.25, -0.2) is 10.1 Å². The largest absolute Gasteiger partial charge is 0.504 e. The summed E-state index contributed by atoms with van der Waals surface area (Å²) in [7, 11) is 0. The average molecular weight is 1090 g/mol. The molecule has 77 heavy (non-hydrogen) atoms. The molecule has 0 bridgehead atoms. The average Bonchev–Trinajstić information content (AvgIpc) is 3.79. The summed E-state index contributed by atoms with van der Waals surface area (Å²) in [6, 6.07) is -6.83. The number of carbonyl (C=O) groups is 11. The molecule has 31 nitrogen and oxygen atoms in total. The fraction of sp³-hybridized carbons (Fsp3) is 0.565. The number of nitrogens with zero attached hydrogens (tertiary/aromatic N) is 3. The van der Waals surface area contributed by atoms with E-state index in [2.05, 4.69) is 47.9 Å². The second-order valence-corrected chi connectivity index (χ2v) is 18.1. The molecule has 0 radical (unpaired) electrons. The highest BCUT2D eigenvalue weighted by Crippen LogP contribution is 2.39. The van der Waals surface area contributed by atoms with Crippen molar-refractivity contribution in [2.24, 2.45) is 5.73 Å². The summed E-state index contributed by atoms with van der Waals surface area (Å²) < 4.78 is 1.35. The van der Waals surface area contributed by atoms with Gasteiger partial charge in [-0.3, -0.25) is 67.9 Å². The number of pyridine rings is 1. The smallest absolute Gasteiger partial charge is 0.245 e. The van der Waals surface area contributed by atoms with Gasteiger partial charge in [0.05, 0.1) is 18.0 Å². The fourth-order valence-electron chi connectivity index (χ4n) is 8.22. The number of nitrogens with two attached hydrogens (primary N) is 1. The Morgan fingerprint density at radius 1 is 0.675 bits per heavy atom. The van der Waals surface area contributed by atoms with Crippen molar-refractivity contribution in [3.8, 4) is 17.0 Å². The van der Waals surface area contributed by atoms with Gasteiger partial charge in [0.2, 0.25) is 70.4 Å². The third-order valence-corrected chi connectivity index (χ3v) is 12.4. The van der Waals surface area contributed by atoms with E-state index < -0.39 is 145 Å². The van der Waals surface area contributed by atoms with E-state index >= 15 is 0 Å². The summed E-state index contributed by atoms with van der Waals surface area (Å²) in [6.45, 7) is -0.689. The molecule has 4 aliphatic rings. The number of hydrogen-bond donors (Lipinski definition) is 16. The summed E-state index contributed by atoms with van der Waals surface area (Å²) in [5.41, 5.74) is 4.75. The lowest BCUT2D eigenvalue weighted by atomic mass is 10.0. The van der Waals surface area contributed by atoms with Crippen LogP contribution < -0.4 is 59.0 Å². The topological polar surface area (TPSA) is 472 Å². The Labute approximate surface area is 439 Å². The molecule has 0 saturated carbocycles. The van der Waals surface area contributed by atoms with Crippen molar-refractivity contribution in [1.29, 1.82) is 0 Å². The quantitative estimate of drug-likeness (QED) is 0.0267. The predicted octanol–water partition coefficient (Wildman–Crippen LogP) is -5.56. The Balaban J connectivity index is 1.59. The van der Waals surface area contributed by atoms with Crippen LogP contribution in [0.3, 0.4) is 0 Å². The fourth-order valence-corrected chi connectivity index (χ4v) is 8.22. The van der Waals surface area contributed by atoms with Crippen LogP contribution in [0.15, 0.2) is 23.0 Å². The molecule has 11 amide bonds. The molecule has 0 aromatic carbocycles. The Kier molecular flexibility index (Phi) is 23.5. The molecule has 7 atom stereocenters. The van der Waals surface area contributed by atoms with E-state index in [9.17, 15) is 88.4 Å². The highest BCUT2D eigenvalue weighted by Gasteiger charge is 2.37. The number of aliphatic hydroxyl groups is 3. The summed E-state index contributed by atoms with van der Waals surface area (Å²) in [5, 5.41) is 83.7. The third kappa shape index (κ3) is 17.8. The van der Waals surface area contributed by atoms with E-state index in [0.29, 0.717) is 10.1 Å². The van der Waals surface area contributed by atoms with Gasteiger partial charge < -0.3 is 78.6 Å². The summed E-state index contributed by atoms with van der Waals surface area (Å²) >= 11 is 0. The van der Waals surface area contributed by atoms with E-state index in [1.165, 1.54) is 10.6 Å². The first kappa shape index (κ1) is 61.5. The van der Waals surface area contributed by atoms with Gasteiger partial charge in [0.25, 0.3) is 0 Å². The number of carbonyl (C=O) groups excluding carboxylic acids is 11. The lowest BCUT2D eigenvalue weighted by molar-refractivity contribution is -0.163. The van der Waals surface area contributed by atoms with Crippen LogP contribution in [0.4, 0.5) is 11.5 Å². The molecular weight excluding hydrogens is 1020 g/mol. The van der Waals surface area contributed by atoms with Crippen LogP contribution in [-0.2, 0) is 52.7 Å². The second-order valence-electron chi connectivity index (χ2n) is 18.1. The molecule has 1 fully saturated rings. The number of phenolic OH excluding ortho intramolecular Hbond substituents is 1. The number of aromatic nitrogens is 1.